The number of nitrogens with zero attached hydrogens (tertiary/aromatic N) is 3. The maximum atomic E-state index is 13.2. The molecule has 0 aliphatic heterocycles. The van der Waals surface area contributed by atoms with Crippen LogP contribution in [0, 0.1) is 0 Å². The number of pyridine rings is 2. The second-order valence-corrected chi connectivity index (χ2v) is 6.01. The summed E-state index contributed by atoms with van der Waals surface area (Å²) in [6.45, 7) is 1.47. The van der Waals surface area contributed by atoms with Crippen LogP contribution in [0.4, 0.5) is 0 Å². The molecule has 2 heterocycles. The minimum atomic E-state index is -0.0244. The van der Waals surface area contributed by atoms with Crippen LogP contribution < -0.4 is 0 Å². The van der Waals surface area contributed by atoms with Gasteiger partial charge in [0, 0.05) is 50.6 Å². The highest BCUT2D eigenvalue weighted by Crippen LogP contribution is 2.15. The summed E-state index contributed by atoms with van der Waals surface area (Å²) < 4.78 is 5.17. The Labute approximate surface area is 153 Å². The topological polar surface area (TPSA) is 55.3 Å². The summed E-state index contributed by atoms with van der Waals surface area (Å²) in [5, 5.41) is 0. The number of methoxy groups -OCH3 is 1. The molecule has 0 spiro atoms. The molecular weight excluding hydrogens is 326 g/mol. The zero-order chi connectivity index (χ0) is 18.2. The van der Waals surface area contributed by atoms with Crippen LogP contribution >= 0.6 is 0 Å². The predicted octanol–water partition coefficient (Wildman–Crippen LogP) is 3.47. The van der Waals surface area contributed by atoms with E-state index in [0.29, 0.717) is 25.3 Å². The van der Waals surface area contributed by atoms with Crippen LogP contribution in [0.25, 0.3) is 0 Å². The minimum Gasteiger partial charge on any atom is -0.380 e. The first-order valence-corrected chi connectivity index (χ1v) is 8.41. The lowest BCUT2D eigenvalue weighted by atomic mass is 10.1. The molecular formula is C21H21N3O2. The van der Waals surface area contributed by atoms with Gasteiger partial charge in [-0.3, -0.25) is 14.8 Å². The Bertz CT molecular complexity index is 797. The van der Waals surface area contributed by atoms with Crippen LogP contribution in [0.3, 0.4) is 0 Å². The summed E-state index contributed by atoms with van der Waals surface area (Å²) in [5.41, 5.74) is 3.65. The molecule has 1 amide bonds. The van der Waals surface area contributed by atoms with Crippen LogP contribution in [0.2, 0.25) is 0 Å². The third kappa shape index (κ3) is 4.74. The van der Waals surface area contributed by atoms with Crippen molar-refractivity contribution in [2.75, 3.05) is 7.11 Å². The highest BCUT2D eigenvalue weighted by molar-refractivity contribution is 5.94. The Morgan fingerprint density at radius 3 is 2.42 bits per heavy atom. The highest BCUT2D eigenvalue weighted by atomic mass is 16.5. The molecule has 0 saturated heterocycles. The summed E-state index contributed by atoms with van der Waals surface area (Å²) in [6.07, 6.45) is 6.99. The van der Waals surface area contributed by atoms with Crippen LogP contribution in [-0.4, -0.2) is 27.9 Å². The predicted molar refractivity (Wildman–Crippen MR) is 99.2 cm³/mol. The third-order valence-electron chi connectivity index (χ3n) is 3.99. The maximum Gasteiger partial charge on any atom is 0.254 e. The van der Waals surface area contributed by atoms with E-state index in [1.165, 1.54) is 0 Å². The number of aromatic nitrogens is 2. The fraction of sp³-hybridized carbons (Fsp3) is 0.190. The molecule has 0 aliphatic carbocycles. The lowest BCUT2D eigenvalue weighted by Gasteiger charge is -2.23. The molecule has 2 aromatic heterocycles. The molecule has 1 aromatic carbocycles. The number of ether oxygens (including phenoxy) is 1. The number of rotatable bonds is 7. The molecule has 0 unspecified atom stereocenters. The summed E-state index contributed by atoms with van der Waals surface area (Å²) in [5.74, 6) is -0.0244. The van der Waals surface area contributed by atoms with Crippen molar-refractivity contribution < 1.29 is 9.53 Å². The standard InChI is InChI=1S/C21H21N3O2/c1-26-16-18-4-2-6-20(12-18)21(25)24(14-17-7-10-22-11-8-17)15-19-5-3-9-23-13-19/h2-13H,14-16H2,1H3. The van der Waals surface area contributed by atoms with E-state index in [2.05, 4.69) is 9.97 Å². The molecule has 0 aliphatic rings. The number of carbonyl (C=O) groups excluding carboxylic acids is 1. The fourth-order valence-electron chi connectivity index (χ4n) is 2.76. The van der Waals surface area contributed by atoms with Crippen molar-refractivity contribution in [1.82, 2.24) is 14.9 Å². The van der Waals surface area contributed by atoms with E-state index in [1.54, 1.807) is 31.9 Å². The van der Waals surface area contributed by atoms with Gasteiger partial charge in [-0.1, -0.05) is 18.2 Å². The quantitative estimate of drug-likeness (QED) is 0.657. The average Bonchev–Trinajstić information content (AvgIpc) is 2.69. The van der Waals surface area contributed by atoms with Gasteiger partial charge in [-0.25, -0.2) is 0 Å². The lowest BCUT2D eigenvalue weighted by Crippen LogP contribution is -2.30. The Kier molecular flexibility index (Phi) is 6.06. The third-order valence-corrected chi connectivity index (χ3v) is 3.99. The second kappa shape index (κ2) is 8.87. The van der Waals surface area contributed by atoms with Gasteiger partial charge in [0.05, 0.1) is 6.61 Å². The molecule has 3 aromatic rings. The Balaban J connectivity index is 1.86. The molecule has 0 radical (unpaired) electrons. The van der Waals surface area contributed by atoms with Crippen LogP contribution in [-0.2, 0) is 24.4 Å². The van der Waals surface area contributed by atoms with E-state index in [4.69, 9.17) is 4.74 Å². The Hall–Kier alpha value is -3.05. The molecule has 0 atom stereocenters. The zero-order valence-corrected chi connectivity index (χ0v) is 14.7. The van der Waals surface area contributed by atoms with Gasteiger partial charge in [0.15, 0.2) is 0 Å². The van der Waals surface area contributed by atoms with Crippen molar-refractivity contribution in [2.24, 2.45) is 0 Å². The maximum absolute atomic E-state index is 13.2. The summed E-state index contributed by atoms with van der Waals surface area (Å²) >= 11 is 0. The van der Waals surface area contributed by atoms with Crippen molar-refractivity contribution in [3.05, 3.63) is 95.6 Å². The number of hydrogen-bond acceptors (Lipinski definition) is 4. The fourth-order valence-corrected chi connectivity index (χ4v) is 2.76. The molecule has 0 fully saturated rings. The Morgan fingerprint density at radius 1 is 0.923 bits per heavy atom. The first-order chi connectivity index (χ1) is 12.8. The highest BCUT2D eigenvalue weighted by Gasteiger charge is 2.17. The monoisotopic (exact) mass is 347 g/mol. The van der Waals surface area contributed by atoms with Gasteiger partial charge in [-0.2, -0.15) is 0 Å². The van der Waals surface area contributed by atoms with Crippen molar-refractivity contribution in [3.63, 3.8) is 0 Å². The first-order valence-electron chi connectivity index (χ1n) is 8.41. The average molecular weight is 347 g/mol. The molecule has 26 heavy (non-hydrogen) atoms. The van der Waals surface area contributed by atoms with Crippen LogP contribution in [0.1, 0.15) is 27.0 Å². The molecule has 0 bridgehead atoms. The molecule has 5 nitrogen and oxygen atoms in total. The normalized spacial score (nSPS) is 10.5. The van der Waals surface area contributed by atoms with Gasteiger partial charge in [-0.15, -0.1) is 0 Å². The van der Waals surface area contributed by atoms with E-state index < -0.39 is 0 Å². The lowest BCUT2D eigenvalue weighted by molar-refractivity contribution is 0.0729. The SMILES string of the molecule is COCc1cccc(C(=O)N(Cc2ccncc2)Cc2cccnc2)c1. The van der Waals surface area contributed by atoms with Gasteiger partial charge >= 0.3 is 0 Å². The summed E-state index contributed by atoms with van der Waals surface area (Å²) in [7, 11) is 1.65. The largest absolute Gasteiger partial charge is 0.380 e. The number of benzene rings is 1. The molecule has 0 N–H and O–H groups in total. The van der Waals surface area contributed by atoms with Gasteiger partial charge in [0.1, 0.15) is 0 Å². The summed E-state index contributed by atoms with van der Waals surface area (Å²) in [4.78, 5) is 23.2. The summed E-state index contributed by atoms with van der Waals surface area (Å²) in [6, 6.07) is 15.3. The van der Waals surface area contributed by atoms with Crippen molar-refractivity contribution in [3.8, 4) is 0 Å². The first kappa shape index (κ1) is 17.8. The van der Waals surface area contributed by atoms with Crippen molar-refractivity contribution in [1.29, 1.82) is 0 Å². The van der Waals surface area contributed by atoms with Crippen molar-refractivity contribution in [2.45, 2.75) is 19.7 Å². The number of hydrogen-bond donors (Lipinski definition) is 0. The van der Waals surface area contributed by atoms with Gasteiger partial charge in [0.2, 0.25) is 0 Å². The van der Waals surface area contributed by atoms with Gasteiger partial charge in [0.25, 0.3) is 5.91 Å². The molecule has 0 saturated carbocycles. The van der Waals surface area contributed by atoms with E-state index in [1.807, 2.05) is 53.4 Å². The van der Waals surface area contributed by atoms with Crippen LogP contribution in [0.5, 0.6) is 0 Å². The van der Waals surface area contributed by atoms with E-state index >= 15 is 0 Å². The van der Waals surface area contributed by atoms with E-state index in [9.17, 15) is 4.79 Å². The number of amides is 1. The second-order valence-electron chi connectivity index (χ2n) is 6.01. The Morgan fingerprint density at radius 2 is 1.69 bits per heavy atom. The van der Waals surface area contributed by atoms with Gasteiger partial charge in [-0.05, 0) is 47.0 Å². The number of carbonyl (C=O) groups is 1. The smallest absolute Gasteiger partial charge is 0.254 e. The van der Waals surface area contributed by atoms with Gasteiger partial charge < -0.3 is 9.64 Å². The molecule has 132 valence electrons. The van der Waals surface area contributed by atoms with Crippen LogP contribution in [0.15, 0.2) is 73.3 Å². The van der Waals surface area contributed by atoms with E-state index in [-0.39, 0.29) is 5.91 Å². The minimum absolute atomic E-state index is 0.0244. The van der Waals surface area contributed by atoms with E-state index in [0.717, 1.165) is 16.7 Å². The molecule has 5 heteroatoms. The molecule has 3 rings (SSSR count). The zero-order valence-electron chi connectivity index (χ0n) is 14.7. The van der Waals surface area contributed by atoms with Crippen molar-refractivity contribution >= 4 is 5.91 Å².